The second kappa shape index (κ2) is 5.59. The average molecular weight is 285 g/mol. The summed E-state index contributed by atoms with van der Waals surface area (Å²) in [6.07, 6.45) is 1.65. The molecule has 3 nitrogen and oxygen atoms in total. The molecule has 0 spiro atoms. The molecule has 0 aliphatic heterocycles. The highest BCUT2D eigenvalue weighted by Gasteiger charge is 2.15. The number of thioether (sulfide) groups is 1. The molecule has 1 N–H and O–H groups in total. The van der Waals surface area contributed by atoms with E-state index >= 15 is 0 Å². The summed E-state index contributed by atoms with van der Waals surface area (Å²) in [5, 5.41) is 1.01. The number of Topliss-reactive ketones (excluding diaryl/α,β-unsaturated/α-hetero) is 1. The lowest BCUT2D eigenvalue weighted by atomic mass is 10.1. The average Bonchev–Trinajstić information content (AvgIpc) is 3.04. The van der Waals surface area contributed by atoms with E-state index < -0.39 is 0 Å². The number of rotatable bonds is 5. The smallest absolute Gasteiger partial charge is 0.175 e. The molecular formula is C16H15NO2S. The van der Waals surface area contributed by atoms with Crippen molar-refractivity contribution in [2.75, 3.05) is 5.75 Å². The Kier molecular flexibility index (Phi) is 3.65. The number of fused-ring (bicyclic) bond motifs is 1. The molecule has 20 heavy (non-hydrogen) atoms. The zero-order valence-corrected chi connectivity index (χ0v) is 12.0. The van der Waals surface area contributed by atoms with Gasteiger partial charge in [-0.05, 0) is 25.1 Å². The van der Waals surface area contributed by atoms with Gasteiger partial charge in [-0.3, -0.25) is 4.79 Å². The SMILES string of the molecule is Cc1[nH]c2ccccc2c1C(=O)CSCc1ccco1. The molecule has 0 aliphatic carbocycles. The van der Waals surface area contributed by atoms with Crippen molar-refractivity contribution in [1.82, 2.24) is 4.98 Å². The van der Waals surface area contributed by atoms with Crippen molar-refractivity contribution in [1.29, 1.82) is 0 Å². The lowest BCUT2D eigenvalue weighted by Gasteiger charge is -2.01. The molecule has 0 saturated heterocycles. The summed E-state index contributed by atoms with van der Waals surface area (Å²) in [6, 6.07) is 11.7. The number of ketones is 1. The summed E-state index contributed by atoms with van der Waals surface area (Å²) in [4.78, 5) is 15.7. The summed E-state index contributed by atoms with van der Waals surface area (Å²) in [5.74, 6) is 2.25. The van der Waals surface area contributed by atoms with Gasteiger partial charge >= 0.3 is 0 Å². The maximum atomic E-state index is 12.4. The Morgan fingerprint density at radius 1 is 1.25 bits per heavy atom. The first-order valence-electron chi connectivity index (χ1n) is 6.46. The summed E-state index contributed by atoms with van der Waals surface area (Å²) in [6.45, 7) is 1.95. The van der Waals surface area contributed by atoms with Gasteiger partial charge in [0.15, 0.2) is 5.78 Å². The van der Waals surface area contributed by atoms with Crippen LogP contribution in [0, 0.1) is 6.92 Å². The molecule has 0 radical (unpaired) electrons. The van der Waals surface area contributed by atoms with Gasteiger partial charge in [0.2, 0.25) is 0 Å². The number of hydrogen-bond donors (Lipinski definition) is 1. The fraction of sp³-hybridized carbons (Fsp3) is 0.188. The molecule has 4 heteroatoms. The molecule has 0 unspecified atom stereocenters. The number of carbonyl (C=O) groups is 1. The van der Waals surface area contributed by atoms with Crippen LogP contribution >= 0.6 is 11.8 Å². The number of carbonyl (C=O) groups excluding carboxylic acids is 1. The minimum absolute atomic E-state index is 0.163. The molecule has 3 rings (SSSR count). The number of furan rings is 1. The van der Waals surface area contributed by atoms with Crippen molar-refractivity contribution in [2.24, 2.45) is 0 Å². The van der Waals surface area contributed by atoms with Crippen LogP contribution in [0.25, 0.3) is 10.9 Å². The van der Waals surface area contributed by atoms with Crippen molar-refractivity contribution < 1.29 is 9.21 Å². The highest BCUT2D eigenvalue weighted by Crippen LogP contribution is 2.24. The zero-order valence-electron chi connectivity index (χ0n) is 11.2. The normalized spacial score (nSPS) is 11.1. The lowest BCUT2D eigenvalue weighted by molar-refractivity contribution is 0.102. The molecule has 2 aromatic heterocycles. The predicted octanol–water partition coefficient (Wildman–Crippen LogP) is 4.19. The largest absolute Gasteiger partial charge is 0.468 e. The minimum atomic E-state index is 0.163. The molecule has 3 aromatic rings. The number of aryl methyl sites for hydroxylation is 1. The third-order valence-electron chi connectivity index (χ3n) is 3.23. The van der Waals surface area contributed by atoms with E-state index in [1.807, 2.05) is 43.3 Å². The Balaban J connectivity index is 1.74. The number of nitrogens with one attached hydrogen (secondary N) is 1. The van der Waals surface area contributed by atoms with E-state index in [1.54, 1.807) is 18.0 Å². The molecule has 0 saturated carbocycles. The van der Waals surface area contributed by atoms with Crippen LogP contribution in [0.4, 0.5) is 0 Å². The van der Waals surface area contributed by atoms with Crippen molar-refractivity contribution in [3.05, 3.63) is 59.7 Å². The van der Waals surface area contributed by atoms with E-state index in [2.05, 4.69) is 4.98 Å². The Bertz CT molecular complexity index is 728. The Labute approximate surface area is 121 Å². The van der Waals surface area contributed by atoms with E-state index in [0.717, 1.165) is 33.7 Å². The van der Waals surface area contributed by atoms with E-state index in [0.29, 0.717) is 5.75 Å². The Morgan fingerprint density at radius 3 is 2.90 bits per heavy atom. The molecular weight excluding hydrogens is 270 g/mol. The van der Waals surface area contributed by atoms with Gasteiger partial charge in [-0.1, -0.05) is 18.2 Å². The monoisotopic (exact) mass is 285 g/mol. The van der Waals surface area contributed by atoms with Crippen LogP contribution in [0.2, 0.25) is 0 Å². The minimum Gasteiger partial charge on any atom is -0.468 e. The summed E-state index contributed by atoms with van der Waals surface area (Å²) < 4.78 is 5.26. The lowest BCUT2D eigenvalue weighted by Crippen LogP contribution is -2.03. The van der Waals surface area contributed by atoms with Gasteiger partial charge in [-0.2, -0.15) is 0 Å². The quantitative estimate of drug-likeness (QED) is 0.715. The molecule has 0 atom stereocenters. The van der Waals surface area contributed by atoms with Crippen molar-refractivity contribution in [3.8, 4) is 0 Å². The Hall–Kier alpha value is -1.94. The maximum Gasteiger partial charge on any atom is 0.175 e. The van der Waals surface area contributed by atoms with Crippen LogP contribution in [0.15, 0.2) is 47.1 Å². The van der Waals surface area contributed by atoms with Crippen LogP contribution in [0.5, 0.6) is 0 Å². The first kappa shape index (κ1) is 13.1. The molecule has 0 aliphatic rings. The second-order valence-corrected chi connectivity index (χ2v) is 5.65. The van der Waals surface area contributed by atoms with Crippen molar-refractivity contribution in [2.45, 2.75) is 12.7 Å². The highest BCUT2D eigenvalue weighted by atomic mass is 32.2. The van der Waals surface area contributed by atoms with Gasteiger partial charge in [-0.15, -0.1) is 11.8 Å². The predicted molar refractivity (Wildman–Crippen MR) is 82.2 cm³/mol. The first-order valence-corrected chi connectivity index (χ1v) is 7.62. The number of para-hydroxylation sites is 1. The van der Waals surface area contributed by atoms with Crippen molar-refractivity contribution in [3.63, 3.8) is 0 Å². The van der Waals surface area contributed by atoms with Gasteiger partial charge in [0.25, 0.3) is 0 Å². The molecule has 102 valence electrons. The number of H-pyrrole nitrogens is 1. The standard InChI is InChI=1S/C16H15NO2S/c1-11-16(13-6-2-3-7-14(13)17-11)15(18)10-20-9-12-5-4-8-19-12/h2-8,17H,9-10H2,1H3. The van der Waals surface area contributed by atoms with Crippen LogP contribution in [-0.4, -0.2) is 16.5 Å². The van der Waals surface area contributed by atoms with Crippen LogP contribution in [0.3, 0.4) is 0 Å². The van der Waals surface area contributed by atoms with Gasteiger partial charge in [-0.25, -0.2) is 0 Å². The molecule has 0 amide bonds. The second-order valence-electron chi connectivity index (χ2n) is 4.67. The van der Waals surface area contributed by atoms with Crippen molar-refractivity contribution >= 4 is 28.4 Å². The molecule has 0 fully saturated rings. The van der Waals surface area contributed by atoms with Gasteiger partial charge < -0.3 is 9.40 Å². The van der Waals surface area contributed by atoms with E-state index in [4.69, 9.17) is 4.42 Å². The van der Waals surface area contributed by atoms with Gasteiger partial charge in [0, 0.05) is 22.2 Å². The fourth-order valence-electron chi connectivity index (χ4n) is 2.35. The number of aromatic nitrogens is 1. The van der Waals surface area contributed by atoms with Crippen LogP contribution in [0.1, 0.15) is 21.8 Å². The first-order chi connectivity index (χ1) is 9.75. The van der Waals surface area contributed by atoms with Gasteiger partial charge in [0.05, 0.1) is 17.8 Å². The highest BCUT2D eigenvalue weighted by molar-refractivity contribution is 7.99. The van der Waals surface area contributed by atoms with Gasteiger partial charge in [0.1, 0.15) is 5.76 Å². The summed E-state index contributed by atoms with van der Waals surface area (Å²) in [7, 11) is 0. The number of hydrogen-bond acceptors (Lipinski definition) is 3. The summed E-state index contributed by atoms with van der Waals surface area (Å²) >= 11 is 1.58. The Morgan fingerprint density at radius 2 is 2.10 bits per heavy atom. The van der Waals surface area contributed by atoms with Crippen LogP contribution in [-0.2, 0) is 5.75 Å². The number of benzene rings is 1. The molecule has 1 aromatic carbocycles. The third-order valence-corrected chi connectivity index (χ3v) is 4.18. The van der Waals surface area contributed by atoms with Crippen LogP contribution < -0.4 is 0 Å². The topological polar surface area (TPSA) is 46.0 Å². The molecule has 2 heterocycles. The third kappa shape index (κ3) is 2.51. The zero-order chi connectivity index (χ0) is 13.9. The van der Waals surface area contributed by atoms with E-state index in [9.17, 15) is 4.79 Å². The summed E-state index contributed by atoms with van der Waals surface area (Å²) in [5.41, 5.74) is 2.77. The molecule has 0 bridgehead atoms. The van der Waals surface area contributed by atoms with E-state index in [-0.39, 0.29) is 5.78 Å². The van der Waals surface area contributed by atoms with E-state index in [1.165, 1.54) is 0 Å². The number of aromatic amines is 1. The fourth-order valence-corrected chi connectivity index (χ4v) is 3.14. The maximum absolute atomic E-state index is 12.4.